The van der Waals surface area contributed by atoms with Crippen LogP contribution in [0.5, 0.6) is 5.75 Å². The molecule has 0 atom stereocenters. The molecule has 1 amide bonds. The molecule has 0 bridgehead atoms. The van der Waals surface area contributed by atoms with Crippen LogP contribution in [0.25, 0.3) is 22.6 Å². The Kier molecular flexibility index (Phi) is 5.11. The minimum atomic E-state index is -0.246. The molecule has 5 nitrogen and oxygen atoms in total. The van der Waals surface area contributed by atoms with Crippen molar-refractivity contribution in [3.05, 3.63) is 75.8 Å². The van der Waals surface area contributed by atoms with Crippen molar-refractivity contribution >= 4 is 38.6 Å². The number of nitrogens with zero attached hydrogens (tertiary/aromatic N) is 1. The Hall–Kier alpha value is -3.12. The lowest BCUT2D eigenvalue weighted by Gasteiger charge is -2.14. The Balaban J connectivity index is 1.70. The van der Waals surface area contributed by atoms with E-state index in [1.165, 1.54) is 0 Å². The van der Waals surface area contributed by atoms with Crippen molar-refractivity contribution in [2.75, 3.05) is 12.4 Å². The van der Waals surface area contributed by atoms with E-state index in [1.54, 1.807) is 13.2 Å². The van der Waals surface area contributed by atoms with Crippen LogP contribution in [-0.4, -0.2) is 18.0 Å². The zero-order chi connectivity index (χ0) is 20.5. The van der Waals surface area contributed by atoms with Gasteiger partial charge in [-0.15, -0.1) is 0 Å². The van der Waals surface area contributed by atoms with E-state index in [0.717, 1.165) is 32.3 Å². The molecule has 0 saturated carbocycles. The van der Waals surface area contributed by atoms with Crippen LogP contribution in [0.4, 0.5) is 5.69 Å². The first-order valence-electron chi connectivity index (χ1n) is 9.09. The van der Waals surface area contributed by atoms with Crippen LogP contribution in [0.15, 0.2) is 63.5 Å². The normalized spacial score (nSPS) is 10.9. The topological polar surface area (TPSA) is 64.4 Å². The number of fused-ring (bicyclic) bond motifs is 1. The average Bonchev–Trinajstić information content (AvgIpc) is 3.13. The van der Waals surface area contributed by atoms with Crippen molar-refractivity contribution in [3.8, 4) is 17.2 Å². The Labute approximate surface area is 176 Å². The predicted molar refractivity (Wildman–Crippen MR) is 118 cm³/mol. The van der Waals surface area contributed by atoms with E-state index in [0.29, 0.717) is 22.9 Å². The summed E-state index contributed by atoms with van der Waals surface area (Å²) in [6, 6.07) is 16.9. The Morgan fingerprint density at radius 3 is 2.66 bits per heavy atom. The summed E-state index contributed by atoms with van der Waals surface area (Å²) in [5, 5.41) is 2.99. The number of amides is 1. The zero-order valence-corrected chi connectivity index (χ0v) is 17.8. The summed E-state index contributed by atoms with van der Waals surface area (Å²) < 4.78 is 12.2. The van der Waals surface area contributed by atoms with Crippen molar-refractivity contribution < 1.29 is 13.9 Å². The van der Waals surface area contributed by atoms with Crippen LogP contribution >= 0.6 is 15.9 Å². The first-order chi connectivity index (χ1) is 14.0. The van der Waals surface area contributed by atoms with E-state index in [2.05, 4.69) is 26.2 Å². The lowest BCUT2D eigenvalue weighted by Crippen LogP contribution is -2.15. The number of aromatic nitrogens is 1. The fourth-order valence-corrected chi connectivity index (χ4v) is 3.92. The smallest absolute Gasteiger partial charge is 0.259 e. The average molecular weight is 451 g/mol. The van der Waals surface area contributed by atoms with Crippen LogP contribution in [0.2, 0.25) is 0 Å². The van der Waals surface area contributed by atoms with Crippen molar-refractivity contribution in [1.82, 2.24) is 4.98 Å². The highest BCUT2D eigenvalue weighted by atomic mass is 79.9. The van der Waals surface area contributed by atoms with Gasteiger partial charge in [0.25, 0.3) is 5.91 Å². The summed E-state index contributed by atoms with van der Waals surface area (Å²) in [6.45, 7) is 3.84. The predicted octanol–water partition coefficient (Wildman–Crippen LogP) is 6.14. The SMILES string of the molecule is COc1c(C)cc(Br)cc1C(=O)Nc1cccc(-c2nc3ccccc3o2)c1C. The van der Waals surface area contributed by atoms with Crippen molar-refractivity contribution in [2.45, 2.75) is 13.8 Å². The molecule has 146 valence electrons. The first-order valence-corrected chi connectivity index (χ1v) is 9.88. The number of hydrogen-bond donors (Lipinski definition) is 1. The number of nitrogens with one attached hydrogen (secondary N) is 1. The molecule has 0 unspecified atom stereocenters. The number of oxazole rings is 1. The number of benzene rings is 3. The van der Waals surface area contributed by atoms with Crippen LogP contribution in [0.1, 0.15) is 21.5 Å². The van der Waals surface area contributed by atoms with Gasteiger partial charge in [0.2, 0.25) is 5.89 Å². The molecule has 3 aromatic carbocycles. The summed E-state index contributed by atoms with van der Waals surface area (Å²) in [4.78, 5) is 17.6. The summed E-state index contributed by atoms with van der Waals surface area (Å²) in [5.74, 6) is 0.832. The van der Waals surface area contributed by atoms with E-state index in [9.17, 15) is 4.79 Å². The minimum absolute atomic E-state index is 0.246. The number of aryl methyl sites for hydroxylation is 1. The first kappa shape index (κ1) is 19.2. The molecule has 0 saturated heterocycles. The Bertz CT molecular complexity index is 1200. The molecular formula is C23H19BrN2O3. The van der Waals surface area contributed by atoms with E-state index in [-0.39, 0.29) is 5.91 Å². The monoisotopic (exact) mass is 450 g/mol. The molecule has 29 heavy (non-hydrogen) atoms. The van der Waals surface area contributed by atoms with Crippen LogP contribution in [0.3, 0.4) is 0 Å². The number of rotatable bonds is 4. The lowest BCUT2D eigenvalue weighted by atomic mass is 10.1. The highest BCUT2D eigenvalue weighted by Gasteiger charge is 2.18. The van der Waals surface area contributed by atoms with Gasteiger partial charge in [-0.2, -0.15) is 0 Å². The molecular weight excluding hydrogens is 432 g/mol. The molecule has 1 heterocycles. The third kappa shape index (κ3) is 3.63. The highest BCUT2D eigenvalue weighted by Crippen LogP contribution is 2.32. The maximum atomic E-state index is 13.0. The van der Waals surface area contributed by atoms with E-state index in [1.807, 2.05) is 62.4 Å². The lowest BCUT2D eigenvalue weighted by molar-refractivity contribution is 0.102. The zero-order valence-electron chi connectivity index (χ0n) is 16.2. The second-order valence-electron chi connectivity index (χ2n) is 6.72. The number of carbonyl (C=O) groups is 1. The van der Waals surface area contributed by atoms with Crippen molar-refractivity contribution in [3.63, 3.8) is 0 Å². The van der Waals surface area contributed by atoms with Gasteiger partial charge < -0.3 is 14.5 Å². The fraction of sp³-hybridized carbons (Fsp3) is 0.130. The summed E-state index contributed by atoms with van der Waals surface area (Å²) in [7, 11) is 1.56. The minimum Gasteiger partial charge on any atom is -0.496 e. The van der Waals surface area contributed by atoms with Gasteiger partial charge in [0, 0.05) is 15.7 Å². The number of halogens is 1. The van der Waals surface area contributed by atoms with E-state index < -0.39 is 0 Å². The van der Waals surface area contributed by atoms with Gasteiger partial charge in [-0.1, -0.05) is 34.1 Å². The Morgan fingerprint density at radius 2 is 1.90 bits per heavy atom. The summed E-state index contributed by atoms with van der Waals surface area (Å²) in [5.41, 5.74) is 5.26. The second-order valence-corrected chi connectivity index (χ2v) is 7.64. The largest absolute Gasteiger partial charge is 0.496 e. The molecule has 0 aliphatic carbocycles. The molecule has 4 rings (SSSR count). The molecule has 0 aliphatic heterocycles. The molecule has 0 radical (unpaired) electrons. The molecule has 1 N–H and O–H groups in total. The van der Waals surface area contributed by atoms with Gasteiger partial charge in [-0.25, -0.2) is 4.98 Å². The Morgan fingerprint density at radius 1 is 1.10 bits per heavy atom. The maximum absolute atomic E-state index is 13.0. The van der Waals surface area contributed by atoms with Gasteiger partial charge >= 0.3 is 0 Å². The van der Waals surface area contributed by atoms with Gasteiger partial charge in [-0.05, 0) is 61.4 Å². The molecule has 0 spiro atoms. The number of hydrogen-bond acceptors (Lipinski definition) is 4. The van der Waals surface area contributed by atoms with Gasteiger partial charge in [0.1, 0.15) is 11.3 Å². The molecule has 4 aromatic rings. The number of ether oxygens (including phenoxy) is 1. The van der Waals surface area contributed by atoms with Crippen LogP contribution in [0, 0.1) is 13.8 Å². The number of methoxy groups -OCH3 is 1. The van der Waals surface area contributed by atoms with E-state index in [4.69, 9.17) is 9.15 Å². The van der Waals surface area contributed by atoms with Gasteiger partial charge in [-0.3, -0.25) is 4.79 Å². The van der Waals surface area contributed by atoms with Crippen LogP contribution < -0.4 is 10.1 Å². The third-order valence-electron chi connectivity index (χ3n) is 4.79. The fourth-order valence-electron chi connectivity index (χ4n) is 3.35. The highest BCUT2D eigenvalue weighted by molar-refractivity contribution is 9.10. The second kappa shape index (κ2) is 7.72. The summed E-state index contributed by atoms with van der Waals surface area (Å²) >= 11 is 3.45. The van der Waals surface area contributed by atoms with E-state index >= 15 is 0 Å². The number of para-hydroxylation sites is 2. The third-order valence-corrected chi connectivity index (χ3v) is 5.25. The molecule has 6 heteroatoms. The van der Waals surface area contributed by atoms with Crippen molar-refractivity contribution in [2.24, 2.45) is 0 Å². The standard InChI is InChI=1S/C23H19BrN2O3/c1-13-11-15(24)12-17(21(13)28-3)22(27)25-18-9-6-7-16(14(18)2)23-26-19-8-4-5-10-20(19)29-23/h4-12H,1-3H3,(H,25,27). The van der Waals surface area contributed by atoms with Crippen LogP contribution in [-0.2, 0) is 0 Å². The summed E-state index contributed by atoms with van der Waals surface area (Å²) in [6.07, 6.45) is 0. The van der Waals surface area contributed by atoms with Gasteiger partial charge in [0.05, 0.1) is 12.7 Å². The molecule has 0 fully saturated rings. The van der Waals surface area contributed by atoms with Crippen molar-refractivity contribution in [1.29, 1.82) is 0 Å². The number of anilines is 1. The number of carbonyl (C=O) groups excluding carboxylic acids is 1. The molecule has 0 aliphatic rings. The molecule has 1 aromatic heterocycles. The quantitative estimate of drug-likeness (QED) is 0.405. The maximum Gasteiger partial charge on any atom is 0.259 e. The van der Waals surface area contributed by atoms with Gasteiger partial charge in [0.15, 0.2) is 5.58 Å².